The van der Waals surface area contributed by atoms with Crippen LogP contribution in [0, 0.1) is 11.8 Å². The number of amides is 1. The third kappa shape index (κ3) is 4.26. The van der Waals surface area contributed by atoms with Crippen LogP contribution >= 0.6 is 11.3 Å². The van der Waals surface area contributed by atoms with Crippen molar-refractivity contribution in [3.63, 3.8) is 0 Å². The van der Waals surface area contributed by atoms with Crippen LogP contribution in [0.4, 0.5) is 4.79 Å². The van der Waals surface area contributed by atoms with E-state index in [1.165, 1.54) is 11.3 Å². The van der Waals surface area contributed by atoms with Crippen LogP contribution in [0.5, 0.6) is 0 Å². The molecule has 0 spiro atoms. The molecule has 1 aliphatic carbocycles. The lowest BCUT2D eigenvalue weighted by molar-refractivity contribution is 0.0151. The monoisotopic (exact) mass is 354 g/mol. The number of hydrogen-bond acceptors (Lipinski definition) is 5. The average molecular weight is 354 g/mol. The lowest BCUT2D eigenvalue weighted by atomic mass is 9.97. The number of carbonyl (C=O) groups excluding carboxylic acids is 1. The zero-order chi connectivity index (χ0) is 18.2. The largest absolute Gasteiger partial charge is 0.476 e. The number of ether oxygens (including phenoxy) is 1. The lowest BCUT2D eigenvalue weighted by Gasteiger charge is -2.33. The van der Waals surface area contributed by atoms with Gasteiger partial charge in [0.2, 0.25) is 0 Å². The first-order valence-electron chi connectivity index (χ1n) is 8.15. The first-order chi connectivity index (χ1) is 11.0. The van der Waals surface area contributed by atoms with Gasteiger partial charge in [0.15, 0.2) is 5.69 Å². The SMILES string of the molecule is CC(C)[C@@H](C1C[C@H]1c1nc(C(=O)O)cs1)N(C)C(=O)OC(C)(C)C. The summed E-state index contributed by atoms with van der Waals surface area (Å²) < 4.78 is 5.48. The maximum absolute atomic E-state index is 12.4. The molecule has 0 radical (unpaired) electrons. The van der Waals surface area contributed by atoms with Gasteiger partial charge in [-0.3, -0.25) is 0 Å². The summed E-state index contributed by atoms with van der Waals surface area (Å²) in [7, 11) is 1.78. The Labute approximate surface area is 146 Å². The predicted molar refractivity (Wildman–Crippen MR) is 92.5 cm³/mol. The van der Waals surface area contributed by atoms with Gasteiger partial charge in [0.1, 0.15) is 5.60 Å². The first-order valence-corrected chi connectivity index (χ1v) is 9.03. The highest BCUT2D eigenvalue weighted by Crippen LogP contribution is 2.53. The van der Waals surface area contributed by atoms with Crippen molar-refractivity contribution in [2.45, 2.75) is 58.6 Å². The molecule has 1 heterocycles. The summed E-state index contributed by atoms with van der Waals surface area (Å²) >= 11 is 1.38. The Balaban J connectivity index is 2.09. The van der Waals surface area contributed by atoms with E-state index >= 15 is 0 Å². The molecule has 6 nitrogen and oxygen atoms in total. The Bertz CT molecular complexity index is 620. The van der Waals surface area contributed by atoms with E-state index in [0.29, 0.717) is 0 Å². The number of thiazole rings is 1. The zero-order valence-corrected chi connectivity index (χ0v) is 15.9. The van der Waals surface area contributed by atoms with E-state index in [0.717, 1.165) is 11.4 Å². The van der Waals surface area contributed by atoms with Gasteiger partial charge in [-0.25, -0.2) is 14.6 Å². The molecule has 0 saturated heterocycles. The average Bonchev–Trinajstić information content (AvgIpc) is 3.02. The van der Waals surface area contributed by atoms with E-state index in [2.05, 4.69) is 18.8 Å². The maximum Gasteiger partial charge on any atom is 0.410 e. The third-order valence-electron chi connectivity index (χ3n) is 4.15. The number of nitrogens with zero attached hydrogens (tertiary/aromatic N) is 2. The molecule has 134 valence electrons. The molecule has 3 atom stereocenters. The number of carboxylic acids is 1. The predicted octanol–water partition coefficient (Wildman–Crippen LogP) is 3.84. The smallest absolute Gasteiger partial charge is 0.410 e. The molecule has 1 saturated carbocycles. The van der Waals surface area contributed by atoms with E-state index in [1.54, 1.807) is 17.3 Å². The molecule has 1 aromatic heterocycles. The number of hydrogen-bond donors (Lipinski definition) is 1. The van der Waals surface area contributed by atoms with Crippen LogP contribution < -0.4 is 0 Å². The van der Waals surface area contributed by atoms with Crippen LogP contribution in [0.3, 0.4) is 0 Å². The summed E-state index contributed by atoms with van der Waals surface area (Å²) in [6.45, 7) is 9.74. The zero-order valence-electron chi connectivity index (χ0n) is 15.1. The summed E-state index contributed by atoms with van der Waals surface area (Å²) in [5.41, 5.74) is -0.427. The second kappa shape index (κ2) is 6.70. The van der Waals surface area contributed by atoms with Crippen molar-refractivity contribution in [1.29, 1.82) is 0 Å². The molecule has 1 amide bonds. The standard InChI is InChI=1S/C17H26N2O4S/c1-9(2)13(19(6)16(22)23-17(3,4)5)10-7-11(10)14-18-12(8-24-14)15(20)21/h8-11,13H,7H2,1-6H3,(H,20,21)/t10?,11-,13+/m1/s1. The second-order valence-corrected chi connectivity index (χ2v) is 8.60. The lowest BCUT2D eigenvalue weighted by Crippen LogP contribution is -2.44. The number of carbonyl (C=O) groups is 2. The summed E-state index contributed by atoms with van der Waals surface area (Å²) in [5, 5.41) is 11.4. The fraction of sp³-hybridized carbons (Fsp3) is 0.706. The topological polar surface area (TPSA) is 79.7 Å². The van der Waals surface area contributed by atoms with Gasteiger partial charge in [-0.05, 0) is 39.0 Å². The van der Waals surface area contributed by atoms with Crippen molar-refractivity contribution in [3.05, 3.63) is 16.1 Å². The quantitative estimate of drug-likeness (QED) is 0.869. The molecule has 0 bridgehead atoms. The minimum atomic E-state index is -0.999. The highest BCUT2D eigenvalue weighted by atomic mass is 32.1. The number of rotatable bonds is 5. The minimum absolute atomic E-state index is 0.0435. The van der Waals surface area contributed by atoms with Crippen LogP contribution in [0.1, 0.15) is 62.5 Å². The molecule has 1 aromatic rings. The summed E-state index contributed by atoms with van der Waals surface area (Å²) in [4.78, 5) is 29.3. The minimum Gasteiger partial charge on any atom is -0.476 e. The van der Waals surface area contributed by atoms with E-state index in [4.69, 9.17) is 9.84 Å². The van der Waals surface area contributed by atoms with E-state index in [9.17, 15) is 9.59 Å². The van der Waals surface area contributed by atoms with Gasteiger partial charge in [0, 0.05) is 24.4 Å². The van der Waals surface area contributed by atoms with Gasteiger partial charge in [0.05, 0.1) is 5.01 Å². The number of aromatic carboxylic acids is 1. The molecule has 0 aromatic carbocycles. The highest BCUT2D eigenvalue weighted by molar-refractivity contribution is 7.10. The maximum atomic E-state index is 12.4. The van der Waals surface area contributed by atoms with Crippen LogP contribution in [0.25, 0.3) is 0 Å². The molecule has 7 heteroatoms. The Kier molecular flexibility index (Phi) is 5.22. The molecule has 2 rings (SSSR count). The molecule has 24 heavy (non-hydrogen) atoms. The first kappa shape index (κ1) is 18.7. The van der Waals surface area contributed by atoms with Gasteiger partial charge in [-0.1, -0.05) is 13.8 Å². The van der Waals surface area contributed by atoms with Crippen LogP contribution in [0.15, 0.2) is 5.38 Å². The van der Waals surface area contributed by atoms with Crippen molar-refractivity contribution >= 4 is 23.4 Å². The molecule has 1 N–H and O–H groups in total. The van der Waals surface area contributed by atoms with E-state index in [-0.39, 0.29) is 35.6 Å². The van der Waals surface area contributed by atoms with Crippen LogP contribution in [-0.2, 0) is 4.74 Å². The third-order valence-corrected chi connectivity index (χ3v) is 5.13. The fourth-order valence-corrected chi connectivity index (χ4v) is 4.10. The van der Waals surface area contributed by atoms with Gasteiger partial charge in [-0.15, -0.1) is 11.3 Å². The molecular weight excluding hydrogens is 328 g/mol. The summed E-state index contributed by atoms with van der Waals surface area (Å²) in [6.07, 6.45) is 0.597. The van der Waals surface area contributed by atoms with Crippen LogP contribution in [0.2, 0.25) is 0 Å². The normalized spacial score (nSPS) is 21.5. The molecule has 1 fully saturated rings. The van der Waals surface area contributed by atoms with Gasteiger partial charge in [-0.2, -0.15) is 0 Å². The van der Waals surface area contributed by atoms with Crippen molar-refractivity contribution < 1.29 is 19.4 Å². The molecule has 1 unspecified atom stereocenters. The number of carboxylic acid groups (broad SMARTS) is 1. The highest BCUT2D eigenvalue weighted by Gasteiger charge is 2.49. The van der Waals surface area contributed by atoms with Crippen molar-refractivity contribution in [2.24, 2.45) is 11.8 Å². The molecule has 0 aliphatic heterocycles. The Hall–Kier alpha value is -1.63. The Morgan fingerprint density at radius 2 is 2.04 bits per heavy atom. The summed E-state index contributed by atoms with van der Waals surface area (Å²) in [6, 6.07) is 0.0435. The van der Waals surface area contributed by atoms with Gasteiger partial charge >= 0.3 is 12.1 Å². The molecule has 1 aliphatic rings. The van der Waals surface area contributed by atoms with Gasteiger partial charge < -0.3 is 14.7 Å². The molecular formula is C17H26N2O4S. The van der Waals surface area contributed by atoms with Crippen LogP contribution in [-0.4, -0.2) is 45.7 Å². The summed E-state index contributed by atoms with van der Waals surface area (Å²) in [5.74, 6) is -0.215. The number of aromatic nitrogens is 1. The van der Waals surface area contributed by atoms with Crippen molar-refractivity contribution in [1.82, 2.24) is 9.88 Å². The van der Waals surface area contributed by atoms with Crippen molar-refractivity contribution in [2.75, 3.05) is 7.05 Å². The van der Waals surface area contributed by atoms with E-state index < -0.39 is 11.6 Å². The van der Waals surface area contributed by atoms with E-state index in [1.807, 2.05) is 20.8 Å². The second-order valence-electron chi connectivity index (χ2n) is 7.71. The Morgan fingerprint density at radius 1 is 1.42 bits per heavy atom. The van der Waals surface area contributed by atoms with Crippen molar-refractivity contribution in [3.8, 4) is 0 Å². The Morgan fingerprint density at radius 3 is 2.50 bits per heavy atom. The fourth-order valence-electron chi connectivity index (χ4n) is 3.12. The van der Waals surface area contributed by atoms with Gasteiger partial charge in [0.25, 0.3) is 0 Å².